The Morgan fingerprint density at radius 2 is 1.88 bits per heavy atom. The molecule has 0 aliphatic rings. The van der Waals surface area contributed by atoms with E-state index in [4.69, 9.17) is 0 Å². The van der Waals surface area contributed by atoms with Gasteiger partial charge in [-0.25, -0.2) is 9.13 Å². The van der Waals surface area contributed by atoms with Gasteiger partial charge in [-0.15, -0.1) is 0 Å². The first kappa shape index (κ1) is 15.7. The second-order valence-electron chi connectivity index (χ2n) is 4.33. The van der Waals surface area contributed by atoms with E-state index in [1.807, 2.05) is 0 Å². The number of aromatic nitrogens is 2. The van der Waals surface area contributed by atoms with Gasteiger partial charge in [-0.05, 0) is 12.8 Å². The number of unbranched alkanes of at least 4 members (excludes halogenated alkanes) is 3. The van der Waals surface area contributed by atoms with Crippen LogP contribution in [0.15, 0.2) is 12.4 Å². The second kappa shape index (κ2) is 8.80. The van der Waals surface area contributed by atoms with E-state index >= 15 is 0 Å². The summed E-state index contributed by atoms with van der Waals surface area (Å²) in [6.45, 7) is 5.66. The van der Waals surface area contributed by atoms with Gasteiger partial charge in [0.15, 0.2) is 0 Å². The van der Waals surface area contributed by atoms with Crippen molar-refractivity contribution in [3.8, 4) is 0 Å². The van der Waals surface area contributed by atoms with Crippen LogP contribution in [0.3, 0.4) is 0 Å². The molecule has 0 fully saturated rings. The van der Waals surface area contributed by atoms with Gasteiger partial charge in [-0.2, -0.15) is 0 Å². The molecule has 1 aromatic rings. The molecule has 0 unspecified atom stereocenters. The third-order valence-electron chi connectivity index (χ3n) is 2.93. The summed E-state index contributed by atoms with van der Waals surface area (Å²) in [6, 6.07) is 0. The van der Waals surface area contributed by atoms with Gasteiger partial charge in [-0.1, -0.05) is 33.1 Å². The number of hydrogen-bond acceptors (Lipinski definition) is 0. The van der Waals surface area contributed by atoms with Crippen LogP contribution >= 0.6 is 0 Å². The Morgan fingerprint density at radius 1 is 1.12 bits per heavy atom. The van der Waals surface area contributed by atoms with Crippen LogP contribution in [0.5, 0.6) is 0 Å². The van der Waals surface area contributed by atoms with Crippen LogP contribution in [0.4, 0.5) is 0 Å². The molecule has 0 aromatic carbocycles. The van der Waals surface area contributed by atoms with Crippen LogP contribution < -0.4 is 21.5 Å². The zero-order valence-electron chi connectivity index (χ0n) is 10.9. The first-order valence-corrected chi connectivity index (χ1v) is 6.33. The highest BCUT2D eigenvalue weighted by Gasteiger charge is 2.12. The van der Waals surface area contributed by atoms with Crippen LogP contribution in [0.25, 0.3) is 0 Å². The van der Waals surface area contributed by atoms with Gasteiger partial charge in [-0.3, -0.25) is 0 Å². The molecule has 0 atom stereocenters. The maximum Gasteiger partial charge on any atom is 0.256 e. The summed E-state index contributed by atoms with van der Waals surface area (Å²) in [5, 5.41) is 0. The largest absolute Gasteiger partial charge is 1.00 e. The van der Waals surface area contributed by atoms with Crippen molar-refractivity contribution >= 4 is 0 Å². The van der Waals surface area contributed by atoms with E-state index < -0.39 is 0 Å². The molecule has 2 nitrogen and oxygen atoms in total. The molecule has 16 heavy (non-hydrogen) atoms. The minimum absolute atomic E-state index is 0. The Kier molecular flexibility index (Phi) is 8.63. The fourth-order valence-corrected chi connectivity index (χ4v) is 2.03. The quantitative estimate of drug-likeness (QED) is 0.488. The average molecular weight is 289 g/mol. The third kappa shape index (κ3) is 4.69. The molecule has 0 saturated heterocycles. The molecule has 1 aromatic heterocycles. The predicted molar refractivity (Wildman–Crippen MR) is 63.7 cm³/mol. The van der Waals surface area contributed by atoms with Crippen LogP contribution in [-0.2, 0) is 20.0 Å². The summed E-state index contributed by atoms with van der Waals surface area (Å²) in [6.07, 6.45) is 12.2. The summed E-state index contributed by atoms with van der Waals surface area (Å²) < 4.78 is 4.66. The van der Waals surface area contributed by atoms with Gasteiger partial charge in [0.25, 0.3) is 5.82 Å². The minimum atomic E-state index is 0. The van der Waals surface area contributed by atoms with Crippen molar-refractivity contribution in [2.45, 2.75) is 58.9 Å². The fraction of sp³-hybridized carbons (Fsp3) is 0.769. The van der Waals surface area contributed by atoms with Crippen molar-refractivity contribution in [3.05, 3.63) is 18.2 Å². The highest BCUT2D eigenvalue weighted by molar-refractivity contribution is 4.83. The van der Waals surface area contributed by atoms with E-state index in [0.717, 1.165) is 6.54 Å². The van der Waals surface area contributed by atoms with Gasteiger partial charge in [0.2, 0.25) is 0 Å². The van der Waals surface area contributed by atoms with Crippen molar-refractivity contribution in [2.75, 3.05) is 0 Å². The van der Waals surface area contributed by atoms with Gasteiger partial charge in [0, 0.05) is 6.42 Å². The lowest BCUT2D eigenvalue weighted by Crippen LogP contribution is -3.00. The van der Waals surface area contributed by atoms with Crippen LogP contribution in [0.1, 0.15) is 51.8 Å². The van der Waals surface area contributed by atoms with E-state index in [-0.39, 0.29) is 17.0 Å². The topological polar surface area (TPSA) is 8.81 Å². The molecule has 0 radical (unpaired) electrons. The zero-order chi connectivity index (χ0) is 11.1. The summed E-state index contributed by atoms with van der Waals surface area (Å²) >= 11 is 0. The molecule has 0 spiro atoms. The van der Waals surface area contributed by atoms with Gasteiger partial charge in [0.05, 0.1) is 13.6 Å². The molecule has 0 bridgehead atoms. The van der Waals surface area contributed by atoms with Crippen molar-refractivity contribution in [1.82, 2.24) is 4.57 Å². The van der Waals surface area contributed by atoms with E-state index in [0.29, 0.717) is 0 Å². The lowest BCUT2D eigenvalue weighted by atomic mass is 10.1. The Balaban J connectivity index is 0.00000225. The third-order valence-corrected chi connectivity index (χ3v) is 2.93. The minimum Gasteiger partial charge on any atom is -1.00 e. The lowest BCUT2D eigenvalue weighted by Gasteiger charge is -2.01. The van der Waals surface area contributed by atoms with E-state index in [9.17, 15) is 0 Å². The molecule has 0 N–H and O–H groups in total. The van der Waals surface area contributed by atoms with Crippen LogP contribution in [0, 0.1) is 0 Å². The van der Waals surface area contributed by atoms with Crippen LogP contribution in [0.2, 0.25) is 0 Å². The second-order valence-corrected chi connectivity index (χ2v) is 4.33. The van der Waals surface area contributed by atoms with Crippen LogP contribution in [-0.4, -0.2) is 4.57 Å². The molecular formula is C13H25BrN2. The first-order chi connectivity index (χ1) is 7.29. The maximum atomic E-state index is 2.39. The van der Waals surface area contributed by atoms with E-state index in [1.54, 1.807) is 0 Å². The smallest absolute Gasteiger partial charge is 0.256 e. The Bertz CT molecular complexity index is 281. The Hall–Kier alpha value is -0.310. The predicted octanol–water partition coefficient (Wildman–Crippen LogP) is -0.151. The standard InChI is InChI=1S/C13H25N2.BrH/c1-4-6-7-8-9-13-14(3)11-12-15(13)10-5-2;/h11-12H,4-10H2,1-3H3;1H/q+1;/p-1. The normalized spacial score (nSPS) is 10.2. The summed E-state index contributed by atoms with van der Waals surface area (Å²) in [4.78, 5) is 0. The monoisotopic (exact) mass is 288 g/mol. The molecule has 1 rings (SSSR count). The van der Waals surface area contributed by atoms with Gasteiger partial charge < -0.3 is 17.0 Å². The molecule has 94 valence electrons. The van der Waals surface area contributed by atoms with E-state index in [1.165, 1.54) is 44.3 Å². The van der Waals surface area contributed by atoms with E-state index in [2.05, 4.69) is 42.4 Å². The van der Waals surface area contributed by atoms with Gasteiger partial charge >= 0.3 is 0 Å². The van der Waals surface area contributed by atoms with Crippen molar-refractivity contribution in [3.63, 3.8) is 0 Å². The molecule has 0 saturated carbocycles. The number of rotatable bonds is 7. The zero-order valence-corrected chi connectivity index (χ0v) is 12.5. The lowest BCUT2D eigenvalue weighted by molar-refractivity contribution is -0.678. The highest BCUT2D eigenvalue weighted by Crippen LogP contribution is 2.05. The summed E-state index contributed by atoms with van der Waals surface area (Å²) in [5.41, 5.74) is 0. The molecule has 0 aliphatic heterocycles. The number of hydrogen-bond donors (Lipinski definition) is 0. The molecular weight excluding hydrogens is 264 g/mol. The summed E-state index contributed by atoms with van der Waals surface area (Å²) in [7, 11) is 2.15. The average Bonchev–Trinajstić information content (AvgIpc) is 2.56. The number of halogens is 1. The highest BCUT2D eigenvalue weighted by atomic mass is 79.9. The fourth-order valence-electron chi connectivity index (χ4n) is 2.03. The van der Waals surface area contributed by atoms with Crippen molar-refractivity contribution < 1.29 is 21.5 Å². The number of aryl methyl sites for hydroxylation is 2. The first-order valence-electron chi connectivity index (χ1n) is 6.33. The van der Waals surface area contributed by atoms with Crippen molar-refractivity contribution in [2.24, 2.45) is 7.05 Å². The molecule has 0 amide bonds. The van der Waals surface area contributed by atoms with Crippen molar-refractivity contribution in [1.29, 1.82) is 0 Å². The molecule has 3 heteroatoms. The molecule has 0 aliphatic carbocycles. The Morgan fingerprint density at radius 3 is 2.50 bits per heavy atom. The Labute approximate surface area is 110 Å². The maximum absolute atomic E-state index is 2.39. The molecule has 1 heterocycles. The SMILES string of the molecule is CCCCCCc1n(CCC)cc[n+]1C.[Br-]. The summed E-state index contributed by atoms with van der Waals surface area (Å²) in [5.74, 6) is 1.48. The number of nitrogens with zero attached hydrogens (tertiary/aromatic N) is 2. The van der Waals surface area contributed by atoms with Gasteiger partial charge in [0.1, 0.15) is 12.4 Å². The number of imidazole rings is 1.